The summed E-state index contributed by atoms with van der Waals surface area (Å²) >= 11 is 0. The van der Waals surface area contributed by atoms with Crippen LogP contribution in [0.15, 0.2) is 78.9 Å². The summed E-state index contributed by atoms with van der Waals surface area (Å²) in [5.74, 6) is 1.43. The van der Waals surface area contributed by atoms with E-state index in [9.17, 15) is 9.90 Å². The molecule has 5 rings (SSSR count). The van der Waals surface area contributed by atoms with Crippen LogP contribution in [-0.4, -0.2) is 49.1 Å². The van der Waals surface area contributed by atoms with Crippen LogP contribution in [0.4, 0.5) is 0 Å². The van der Waals surface area contributed by atoms with Crippen LogP contribution in [0.2, 0.25) is 0 Å². The Morgan fingerprint density at radius 1 is 0.865 bits per heavy atom. The number of carbonyl (C=O) groups excluding carboxylic acids is 1. The van der Waals surface area contributed by atoms with E-state index in [0.717, 1.165) is 58.6 Å². The van der Waals surface area contributed by atoms with E-state index in [1.54, 1.807) is 7.11 Å². The lowest BCUT2D eigenvalue weighted by atomic mass is 9.87. The van der Waals surface area contributed by atoms with Gasteiger partial charge in [-0.15, -0.1) is 0 Å². The fourth-order valence-electron chi connectivity index (χ4n) is 5.15. The summed E-state index contributed by atoms with van der Waals surface area (Å²) in [6.07, 6.45) is 3.86. The van der Waals surface area contributed by atoms with E-state index in [-0.39, 0.29) is 12.4 Å². The first-order chi connectivity index (χ1) is 18.2. The first kappa shape index (κ1) is 25.0. The third kappa shape index (κ3) is 5.53. The molecule has 5 heteroatoms. The third-order valence-corrected chi connectivity index (χ3v) is 7.17. The number of nitrogens with zero attached hydrogens (tertiary/aromatic N) is 1. The minimum atomic E-state index is -0.103. The molecule has 0 bridgehead atoms. The van der Waals surface area contributed by atoms with Crippen LogP contribution in [0, 0.1) is 0 Å². The van der Waals surface area contributed by atoms with Crippen LogP contribution in [0.3, 0.4) is 0 Å². The SMILES string of the molecule is COc1ccc2c(C(=O)c3ccc(OCCN4CCCCC4)cc3)c(-c3ccccc3CO)ccc2c1. The molecule has 1 aliphatic heterocycles. The summed E-state index contributed by atoms with van der Waals surface area (Å²) in [7, 11) is 1.63. The molecular weight excluding hydrogens is 462 g/mol. The Labute approximate surface area is 218 Å². The predicted molar refractivity (Wildman–Crippen MR) is 148 cm³/mol. The van der Waals surface area contributed by atoms with Gasteiger partial charge in [-0.25, -0.2) is 0 Å². The number of benzene rings is 4. The number of ketones is 1. The number of methoxy groups -OCH3 is 1. The molecule has 5 nitrogen and oxygen atoms in total. The number of piperidine rings is 1. The maximum Gasteiger partial charge on any atom is 0.194 e. The summed E-state index contributed by atoms with van der Waals surface area (Å²) in [5, 5.41) is 11.7. The lowest BCUT2D eigenvalue weighted by molar-refractivity contribution is 0.104. The molecule has 1 N–H and O–H groups in total. The van der Waals surface area contributed by atoms with E-state index in [0.29, 0.717) is 17.7 Å². The van der Waals surface area contributed by atoms with Gasteiger partial charge in [0.2, 0.25) is 0 Å². The summed E-state index contributed by atoms with van der Waals surface area (Å²) < 4.78 is 11.4. The monoisotopic (exact) mass is 495 g/mol. The molecule has 0 aromatic heterocycles. The van der Waals surface area contributed by atoms with Crippen LogP contribution < -0.4 is 9.47 Å². The van der Waals surface area contributed by atoms with Crippen molar-refractivity contribution < 1.29 is 19.4 Å². The number of aliphatic hydroxyl groups is 1. The zero-order chi connectivity index (χ0) is 25.6. The maximum atomic E-state index is 14.0. The van der Waals surface area contributed by atoms with Crippen molar-refractivity contribution in [2.75, 3.05) is 33.4 Å². The van der Waals surface area contributed by atoms with Gasteiger partial charge in [0, 0.05) is 17.7 Å². The highest BCUT2D eigenvalue weighted by atomic mass is 16.5. The molecule has 0 amide bonds. The Morgan fingerprint density at radius 3 is 2.38 bits per heavy atom. The highest BCUT2D eigenvalue weighted by Crippen LogP contribution is 2.35. The maximum absolute atomic E-state index is 14.0. The van der Waals surface area contributed by atoms with Crippen LogP contribution >= 0.6 is 0 Å². The molecule has 37 heavy (non-hydrogen) atoms. The summed E-state index contributed by atoms with van der Waals surface area (Å²) in [5.41, 5.74) is 3.63. The van der Waals surface area contributed by atoms with E-state index in [1.807, 2.05) is 78.9 Å². The van der Waals surface area contributed by atoms with Crippen molar-refractivity contribution in [2.45, 2.75) is 25.9 Å². The molecule has 1 fully saturated rings. The van der Waals surface area contributed by atoms with Gasteiger partial charge >= 0.3 is 0 Å². The quantitative estimate of drug-likeness (QED) is 0.284. The average Bonchev–Trinajstić information content (AvgIpc) is 2.96. The van der Waals surface area contributed by atoms with E-state index in [1.165, 1.54) is 19.3 Å². The van der Waals surface area contributed by atoms with Gasteiger partial charge < -0.3 is 14.6 Å². The molecular formula is C32H33NO4. The Balaban J connectivity index is 1.46. The number of hydrogen-bond acceptors (Lipinski definition) is 5. The smallest absolute Gasteiger partial charge is 0.194 e. The highest BCUT2D eigenvalue weighted by molar-refractivity contribution is 6.20. The first-order valence-corrected chi connectivity index (χ1v) is 13.0. The Morgan fingerprint density at radius 2 is 1.62 bits per heavy atom. The molecule has 0 radical (unpaired) electrons. The second-order valence-corrected chi connectivity index (χ2v) is 9.49. The lowest BCUT2D eigenvalue weighted by Gasteiger charge is -2.26. The molecule has 4 aromatic rings. The topological polar surface area (TPSA) is 59.0 Å². The molecule has 1 aliphatic rings. The van der Waals surface area contributed by atoms with Crippen molar-refractivity contribution in [1.82, 2.24) is 4.90 Å². The molecule has 1 saturated heterocycles. The van der Waals surface area contributed by atoms with E-state index < -0.39 is 0 Å². The van der Waals surface area contributed by atoms with Crippen molar-refractivity contribution in [3.8, 4) is 22.6 Å². The Kier molecular flexibility index (Phi) is 7.83. The van der Waals surface area contributed by atoms with Crippen LogP contribution in [0.25, 0.3) is 21.9 Å². The molecule has 190 valence electrons. The Hall–Kier alpha value is -3.67. The van der Waals surface area contributed by atoms with Gasteiger partial charge in [0.1, 0.15) is 18.1 Å². The third-order valence-electron chi connectivity index (χ3n) is 7.17. The zero-order valence-corrected chi connectivity index (χ0v) is 21.3. The van der Waals surface area contributed by atoms with Gasteiger partial charge in [0.05, 0.1) is 13.7 Å². The van der Waals surface area contributed by atoms with Gasteiger partial charge in [-0.1, -0.05) is 42.8 Å². The standard InChI is InChI=1S/C32H33NO4/c1-36-27-14-16-29-24(21-27)11-15-30(28-8-4-3-7-25(28)22-34)31(29)32(35)23-9-12-26(13-10-23)37-20-19-33-17-5-2-6-18-33/h3-4,7-16,21,34H,2,5-6,17-20,22H2,1H3. The zero-order valence-electron chi connectivity index (χ0n) is 21.3. The van der Waals surface area contributed by atoms with Gasteiger partial charge in [0.15, 0.2) is 5.78 Å². The molecule has 0 unspecified atom stereocenters. The normalized spacial score (nSPS) is 14.0. The lowest BCUT2D eigenvalue weighted by Crippen LogP contribution is -2.33. The first-order valence-electron chi connectivity index (χ1n) is 13.0. The van der Waals surface area contributed by atoms with Gasteiger partial charge in [-0.05, 0) is 95.9 Å². The van der Waals surface area contributed by atoms with Crippen molar-refractivity contribution in [2.24, 2.45) is 0 Å². The van der Waals surface area contributed by atoms with Gasteiger partial charge in [0.25, 0.3) is 0 Å². The van der Waals surface area contributed by atoms with Crippen LogP contribution in [-0.2, 0) is 6.61 Å². The van der Waals surface area contributed by atoms with E-state index in [4.69, 9.17) is 9.47 Å². The summed E-state index contributed by atoms with van der Waals surface area (Å²) in [6.45, 7) is 3.76. The molecule has 0 aliphatic carbocycles. The average molecular weight is 496 g/mol. The molecule has 0 saturated carbocycles. The fraction of sp³-hybridized carbons (Fsp3) is 0.281. The number of hydrogen-bond donors (Lipinski definition) is 1. The summed E-state index contributed by atoms with van der Waals surface area (Å²) in [6, 6.07) is 24.8. The molecule has 1 heterocycles. The van der Waals surface area contributed by atoms with Crippen molar-refractivity contribution in [3.63, 3.8) is 0 Å². The molecule has 4 aromatic carbocycles. The molecule has 0 spiro atoms. The summed E-state index contributed by atoms with van der Waals surface area (Å²) in [4.78, 5) is 16.4. The number of aliphatic hydroxyl groups excluding tert-OH is 1. The van der Waals surface area contributed by atoms with Crippen LogP contribution in [0.1, 0.15) is 40.7 Å². The van der Waals surface area contributed by atoms with Gasteiger partial charge in [-0.2, -0.15) is 0 Å². The van der Waals surface area contributed by atoms with Gasteiger partial charge in [-0.3, -0.25) is 9.69 Å². The van der Waals surface area contributed by atoms with E-state index in [2.05, 4.69) is 4.90 Å². The Bertz CT molecular complexity index is 1370. The molecule has 0 atom stereocenters. The second kappa shape index (κ2) is 11.6. The minimum absolute atomic E-state index is 0.0709. The number of likely N-dealkylation sites (tertiary alicyclic amines) is 1. The van der Waals surface area contributed by atoms with Crippen molar-refractivity contribution in [1.29, 1.82) is 0 Å². The number of ether oxygens (including phenoxy) is 2. The number of fused-ring (bicyclic) bond motifs is 1. The minimum Gasteiger partial charge on any atom is -0.497 e. The van der Waals surface area contributed by atoms with Crippen LogP contribution in [0.5, 0.6) is 11.5 Å². The van der Waals surface area contributed by atoms with Crippen molar-refractivity contribution >= 4 is 16.6 Å². The van der Waals surface area contributed by atoms with E-state index >= 15 is 0 Å². The highest BCUT2D eigenvalue weighted by Gasteiger charge is 2.20. The fourth-order valence-corrected chi connectivity index (χ4v) is 5.15. The second-order valence-electron chi connectivity index (χ2n) is 9.49. The number of carbonyl (C=O) groups is 1. The van der Waals surface area contributed by atoms with Crippen molar-refractivity contribution in [3.05, 3.63) is 95.6 Å². The largest absolute Gasteiger partial charge is 0.497 e. The predicted octanol–water partition coefficient (Wildman–Crippen LogP) is 6.10. The number of rotatable bonds is 9.